The van der Waals surface area contributed by atoms with Crippen LogP contribution in [0, 0.1) is 12.7 Å². The van der Waals surface area contributed by atoms with Gasteiger partial charge in [-0.1, -0.05) is 24.3 Å². The molecule has 1 amide bonds. The van der Waals surface area contributed by atoms with Gasteiger partial charge in [0.1, 0.15) is 5.82 Å². The number of hydrogen-bond acceptors (Lipinski definition) is 5. The van der Waals surface area contributed by atoms with Crippen molar-refractivity contribution in [3.05, 3.63) is 59.4 Å². The van der Waals surface area contributed by atoms with Gasteiger partial charge in [0.05, 0.1) is 24.2 Å². The lowest BCUT2D eigenvalue weighted by Crippen LogP contribution is -2.41. The second-order valence-electron chi connectivity index (χ2n) is 7.67. The molecule has 2 aromatic carbocycles. The van der Waals surface area contributed by atoms with Crippen molar-refractivity contribution >= 4 is 21.6 Å². The van der Waals surface area contributed by atoms with Crippen molar-refractivity contribution in [1.82, 2.24) is 9.21 Å². The van der Waals surface area contributed by atoms with Crippen LogP contribution < -0.4 is 5.32 Å². The molecule has 2 aromatic rings. The Morgan fingerprint density at radius 2 is 1.90 bits per heavy atom. The van der Waals surface area contributed by atoms with Crippen LogP contribution in [-0.2, 0) is 26.1 Å². The van der Waals surface area contributed by atoms with E-state index >= 15 is 0 Å². The number of benzene rings is 2. The highest BCUT2D eigenvalue weighted by Gasteiger charge is 2.28. The number of rotatable bonds is 7. The van der Waals surface area contributed by atoms with Gasteiger partial charge in [0, 0.05) is 30.9 Å². The topological polar surface area (TPSA) is 79.0 Å². The molecule has 0 saturated carbocycles. The molecule has 9 heteroatoms. The first kappa shape index (κ1) is 23.3. The number of likely N-dealkylation sites (N-methyl/N-ethyl adjacent to an activating group) is 1. The summed E-state index contributed by atoms with van der Waals surface area (Å²) in [5.74, 6) is -0.629. The first-order valence-corrected chi connectivity index (χ1v) is 11.6. The highest BCUT2D eigenvalue weighted by molar-refractivity contribution is 7.89. The van der Waals surface area contributed by atoms with Crippen molar-refractivity contribution in [3.63, 3.8) is 0 Å². The quantitative estimate of drug-likeness (QED) is 0.703. The zero-order valence-corrected chi connectivity index (χ0v) is 18.8. The van der Waals surface area contributed by atoms with Crippen molar-refractivity contribution in [2.24, 2.45) is 0 Å². The summed E-state index contributed by atoms with van der Waals surface area (Å²) in [7, 11) is -1.95. The van der Waals surface area contributed by atoms with E-state index in [2.05, 4.69) is 5.32 Å². The molecule has 1 N–H and O–H groups in total. The van der Waals surface area contributed by atoms with Crippen LogP contribution in [0.3, 0.4) is 0 Å². The number of carbonyl (C=O) groups is 1. The molecule has 3 rings (SSSR count). The summed E-state index contributed by atoms with van der Waals surface area (Å²) in [4.78, 5) is 14.6. The third-order valence-electron chi connectivity index (χ3n) is 5.46. The van der Waals surface area contributed by atoms with Gasteiger partial charge in [-0.2, -0.15) is 4.31 Å². The molecule has 0 spiro atoms. The van der Waals surface area contributed by atoms with E-state index in [1.165, 1.54) is 16.4 Å². The van der Waals surface area contributed by atoms with Gasteiger partial charge in [-0.05, 0) is 44.7 Å². The smallest absolute Gasteiger partial charge is 0.243 e. The fourth-order valence-electron chi connectivity index (χ4n) is 3.36. The summed E-state index contributed by atoms with van der Waals surface area (Å²) >= 11 is 0. The van der Waals surface area contributed by atoms with Crippen LogP contribution in [0.4, 0.5) is 10.1 Å². The number of halogens is 1. The Morgan fingerprint density at radius 1 is 1.23 bits per heavy atom. The highest BCUT2D eigenvalue weighted by atomic mass is 32.2. The average molecular weight is 450 g/mol. The molecule has 1 fully saturated rings. The predicted octanol–water partition coefficient (Wildman–Crippen LogP) is 2.61. The van der Waals surface area contributed by atoms with Gasteiger partial charge in [-0.15, -0.1) is 0 Å². The number of hydrogen-bond donors (Lipinski definition) is 1. The van der Waals surface area contributed by atoms with Crippen LogP contribution >= 0.6 is 0 Å². The highest BCUT2D eigenvalue weighted by Crippen LogP contribution is 2.24. The third-order valence-corrected chi connectivity index (χ3v) is 7.50. The van der Waals surface area contributed by atoms with Gasteiger partial charge >= 0.3 is 0 Å². The molecule has 0 aromatic heterocycles. The van der Waals surface area contributed by atoms with Crippen molar-refractivity contribution in [3.8, 4) is 0 Å². The van der Waals surface area contributed by atoms with Gasteiger partial charge in [-0.25, -0.2) is 12.8 Å². The maximum Gasteiger partial charge on any atom is 0.243 e. The molecule has 1 atom stereocenters. The number of amides is 1. The standard InChI is InChI=1S/C22H28FN3O4S/c1-16-8-9-19(14-21(16)31(28,29)26-10-12-30-13-11-26)24-22(27)17(2)25(3)15-18-6-4-5-7-20(18)23/h4-9,14,17H,10-13,15H2,1-3H3,(H,24,27). The van der Waals surface area contributed by atoms with Crippen LogP contribution in [0.25, 0.3) is 0 Å². The van der Waals surface area contributed by atoms with Gasteiger partial charge in [0.25, 0.3) is 0 Å². The summed E-state index contributed by atoms with van der Waals surface area (Å²) in [6.07, 6.45) is 0. The Balaban J connectivity index is 1.72. The summed E-state index contributed by atoms with van der Waals surface area (Å²) in [6.45, 7) is 5.04. The van der Waals surface area contributed by atoms with Gasteiger partial charge < -0.3 is 10.1 Å². The molecule has 1 aliphatic heterocycles. The lowest BCUT2D eigenvalue weighted by molar-refractivity contribution is -0.120. The number of aryl methyl sites for hydroxylation is 1. The largest absolute Gasteiger partial charge is 0.379 e. The Labute approximate surface area is 182 Å². The van der Waals surface area contributed by atoms with Gasteiger partial charge in [-0.3, -0.25) is 9.69 Å². The van der Waals surface area contributed by atoms with Crippen molar-refractivity contribution in [1.29, 1.82) is 0 Å². The second-order valence-corrected chi connectivity index (χ2v) is 9.57. The van der Waals surface area contributed by atoms with Crippen LogP contribution in [-0.4, -0.2) is 62.9 Å². The second kappa shape index (κ2) is 9.86. The van der Waals surface area contributed by atoms with Gasteiger partial charge in [0.15, 0.2) is 0 Å². The SMILES string of the molecule is Cc1ccc(NC(=O)C(C)N(C)Cc2ccccc2F)cc1S(=O)(=O)N1CCOCC1. The minimum absolute atomic E-state index is 0.166. The van der Waals surface area contributed by atoms with Crippen molar-refractivity contribution < 1.29 is 22.3 Å². The van der Waals surface area contributed by atoms with Crippen LogP contribution in [0.1, 0.15) is 18.1 Å². The summed E-state index contributed by atoms with van der Waals surface area (Å²) < 4.78 is 46.6. The van der Waals surface area contributed by atoms with E-state index in [-0.39, 0.29) is 23.2 Å². The lowest BCUT2D eigenvalue weighted by Gasteiger charge is -2.27. The average Bonchev–Trinajstić information content (AvgIpc) is 2.76. The zero-order chi connectivity index (χ0) is 22.6. The molecule has 168 valence electrons. The number of nitrogens with one attached hydrogen (secondary N) is 1. The molecule has 7 nitrogen and oxygen atoms in total. The molecule has 0 aliphatic carbocycles. The Kier molecular flexibility index (Phi) is 7.42. The maximum atomic E-state index is 13.9. The fraction of sp³-hybridized carbons (Fsp3) is 0.409. The Hall–Kier alpha value is -2.33. The number of sulfonamides is 1. The van der Waals surface area contributed by atoms with Crippen molar-refractivity contribution in [2.75, 3.05) is 38.7 Å². The van der Waals surface area contributed by atoms with E-state index in [1.807, 2.05) is 0 Å². The van der Waals surface area contributed by atoms with Gasteiger partial charge in [0.2, 0.25) is 15.9 Å². The zero-order valence-electron chi connectivity index (χ0n) is 18.0. The molecule has 1 heterocycles. The fourth-order valence-corrected chi connectivity index (χ4v) is 5.02. The molecule has 0 radical (unpaired) electrons. The number of anilines is 1. The lowest BCUT2D eigenvalue weighted by atomic mass is 10.1. The summed E-state index contributed by atoms with van der Waals surface area (Å²) in [6, 6.07) is 10.7. The van der Waals surface area contributed by atoms with E-state index in [0.717, 1.165) is 0 Å². The summed E-state index contributed by atoms with van der Waals surface area (Å²) in [5, 5.41) is 2.78. The number of morpholine rings is 1. The van der Waals surface area contributed by atoms with Crippen LogP contribution in [0.5, 0.6) is 0 Å². The third kappa shape index (κ3) is 5.48. The maximum absolute atomic E-state index is 13.9. The minimum atomic E-state index is -3.68. The molecule has 0 bridgehead atoms. The first-order valence-electron chi connectivity index (χ1n) is 10.1. The molecule has 31 heavy (non-hydrogen) atoms. The number of nitrogens with zero attached hydrogens (tertiary/aromatic N) is 2. The molecular formula is C22H28FN3O4S. The van der Waals surface area contributed by atoms with E-state index in [9.17, 15) is 17.6 Å². The van der Waals surface area contributed by atoms with E-state index in [4.69, 9.17) is 4.74 Å². The monoisotopic (exact) mass is 449 g/mol. The molecule has 1 unspecified atom stereocenters. The predicted molar refractivity (Wildman–Crippen MR) is 117 cm³/mol. The van der Waals surface area contributed by atoms with E-state index in [0.29, 0.717) is 43.1 Å². The minimum Gasteiger partial charge on any atom is -0.379 e. The van der Waals surface area contributed by atoms with Crippen LogP contribution in [0.2, 0.25) is 0 Å². The summed E-state index contributed by atoms with van der Waals surface area (Å²) in [5.41, 5.74) is 1.50. The number of carbonyl (C=O) groups excluding carboxylic acids is 1. The molecular weight excluding hydrogens is 421 g/mol. The van der Waals surface area contributed by atoms with E-state index < -0.39 is 16.1 Å². The normalized spacial score (nSPS) is 16.3. The number of ether oxygens (including phenoxy) is 1. The van der Waals surface area contributed by atoms with Crippen LogP contribution in [0.15, 0.2) is 47.4 Å². The Morgan fingerprint density at radius 3 is 2.58 bits per heavy atom. The first-order chi connectivity index (χ1) is 14.7. The Bertz CT molecular complexity index is 1040. The van der Waals surface area contributed by atoms with E-state index in [1.54, 1.807) is 56.1 Å². The van der Waals surface area contributed by atoms with Crippen molar-refractivity contribution in [2.45, 2.75) is 31.3 Å². The molecule has 1 saturated heterocycles. The molecule has 1 aliphatic rings.